The minimum Gasteiger partial charge on any atom is -0.491 e. The highest BCUT2D eigenvalue weighted by Gasteiger charge is 2.09. The summed E-state index contributed by atoms with van der Waals surface area (Å²) in [5, 5.41) is 9.81. The number of benzene rings is 1. The number of nitrogens with zero attached hydrogens (tertiary/aromatic N) is 2. The van der Waals surface area contributed by atoms with E-state index in [0.29, 0.717) is 48.5 Å². The molecule has 0 radical (unpaired) electrons. The molecule has 0 atom stereocenters. The summed E-state index contributed by atoms with van der Waals surface area (Å²) in [5.74, 6) is 1.46. The highest BCUT2D eigenvalue weighted by atomic mass is 35.5. The Bertz CT molecular complexity index is 624. The van der Waals surface area contributed by atoms with Gasteiger partial charge in [-0.15, -0.1) is 0 Å². The van der Waals surface area contributed by atoms with Crippen molar-refractivity contribution in [3.05, 3.63) is 52.4 Å². The van der Waals surface area contributed by atoms with Crippen LogP contribution in [0.4, 0.5) is 0 Å². The molecule has 0 unspecified atom stereocenters. The van der Waals surface area contributed by atoms with Crippen LogP contribution in [0.2, 0.25) is 10.0 Å². The van der Waals surface area contributed by atoms with Crippen molar-refractivity contribution in [2.24, 2.45) is 0 Å². The van der Waals surface area contributed by atoms with Crippen LogP contribution in [0.15, 0.2) is 41.0 Å². The molecule has 116 valence electrons. The Morgan fingerprint density at radius 2 is 2.09 bits per heavy atom. The molecule has 0 N–H and O–H groups in total. The van der Waals surface area contributed by atoms with E-state index >= 15 is 0 Å². The first-order chi connectivity index (χ1) is 10.7. The van der Waals surface area contributed by atoms with Gasteiger partial charge in [0.2, 0.25) is 0 Å². The van der Waals surface area contributed by atoms with Crippen LogP contribution in [0.25, 0.3) is 0 Å². The Morgan fingerprint density at radius 3 is 2.77 bits per heavy atom. The highest BCUT2D eigenvalue weighted by Crippen LogP contribution is 2.27. The summed E-state index contributed by atoms with van der Waals surface area (Å²) in [4.78, 5) is 2.10. The van der Waals surface area contributed by atoms with Crippen molar-refractivity contribution in [1.29, 1.82) is 5.26 Å². The third-order valence-electron chi connectivity index (χ3n) is 3.06. The van der Waals surface area contributed by atoms with Crippen LogP contribution in [0, 0.1) is 11.3 Å². The molecular formula is C16H16Cl2N2O2. The van der Waals surface area contributed by atoms with Crippen molar-refractivity contribution in [3.63, 3.8) is 0 Å². The third kappa shape index (κ3) is 5.27. The number of ether oxygens (including phenoxy) is 1. The molecule has 0 aliphatic rings. The number of nitriles is 1. The summed E-state index contributed by atoms with van der Waals surface area (Å²) in [6, 6.07) is 11.0. The summed E-state index contributed by atoms with van der Waals surface area (Å²) < 4.78 is 11.0. The fourth-order valence-electron chi connectivity index (χ4n) is 1.98. The van der Waals surface area contributed by atoms with Gasteiger partial charge in [-0.05, 0) is 30.3 Å². The van der Waals surface area contributed by atoms with Crippen molar-refractivity contribution < 1.29 is 9.15 Å². The van der Waals surface area contributed by atoms with Gasteiger partial charge in [-0.3, -0.25) is 4.90 Å². The molecule has 1 heterocycles. The van der Waals surface area contributed by atoms with E-state index in [2.05, 4.69) is 11.0 Å². The van der Waals surface area contributed by atoms with Gasteiger partial charge in [0.05, 0.1) is 23.9 Å². The third-order valence-corrected chi connectivity index (χ3v) is 3.59. The van der Waals surface area contributed by atoms with E-state index in [9.17, 15) is 0 Å². The van der Waals surface area contributed by atoms with Crippen molar-refractivity contribution in [1.82, 2.24) is 4.90 Å². The zero-order valence-corrected chi connectivity index (χ0v) is 13.5. The SMILES string of the molecule is N#CCCN(CCOc1ccc(Cl)cc1Cl)Cc1ccco1. The van der Waals surface area contributed by atoms with Crippen LogP contribution in [-0.2, 0) is 6.54 Å². The van der Waals surface area contributed by atoms with Crippen LogP contribution in [-0.4, -0.2) is 24.6 Å². The van der Waals surface area contributed by atoms with Gasteiger partial charge >= 0.3 is 0 Å². The lowest BCUT2D eigenvalue weighted by atomic mass is 10.3. The van der Waals surface area contributed by atoms with Gasteiger partial charge in [0, 0.05) is 24.5 Å². The van der Waals surface area contributed by atoms with Gasteiger partial charge in [-0.1, -0.05) is 23.2 Å². The Hall–Kier alpha value is -1.67. The number of hydrogen-bond acceptors (Lipinski definition) is 4. The summed E-state index contributed by atoms with van der Waals surface area (Å²) in [6.07, 6.45) is 2.10. The van der Waals surface area contributed by atoms with E-state index in [4.69, 9.17) is 37.6 Å². The Morgan fingerprint density at radius 1 is 1.23 bits per heavy atom. The average molecular weight is 339 g/mol. The number of hydrogen-bond donors (Lipinski definition) is 0. The lowest BCUT2D eigenvalue weighted by Gasteiger charge is -2.20. The van der Waals surface area contributed by atoms with Gasteiger partial charge in [0.15, 0.2) is 0 Å². The van der Waals surface area contributed by atoms with Crippen molar-refractivity contribution in [2.75, 3.05) is 19.7 Å². The molecule has 0 aliphatic heterocycles. The minimum absolute atomic E-state index is 0.461. The molecule has 4 nitrogen and oxygen atoms in total. The largest absolute Gasteiger partial charge is 0.491 e. The van der Waals surface area contributed by atoms with Crippen LogP contribution in [0.1, 0.15) is 12.2 Å². The van der Waals surface area contributed by atoms with E-state index in [1.54, 1.807) is 24.5 Å². The standard InChI is InChI=1S/C16H16Cl2N2O2/c17-13-4-5-16(15(18)11-13)22-10-8-20(7-2-6-19)12-14-3-1-9-21-14/h1,3-5,9,11H,2,7-8,10,12H2. The molecule has 0 saturated heterocycles. The van der Waals surface area contributed by atoms with Gasteiger partial charge in [0.1, 0.15) is 18.1 Å². The highest BCUT2D eigenvalue weighted by molar-refractivity contribution is 6.35. The smallest absolute Gasteiger partial charge is 0.138 e. The zero-order valence-electron chi connectivity index (χ0n) is 12.0. The topological polar surface area (TPSA) is 49.4 Å². The maximum Gasteiger partial charge on any atom is 0.138 e. The fourth-order valence-corrected chi connectivity index (χ4v) is 2.44. The van der Waals surface area contributed by atoms with Gasteiger partial charge in [0.25, 0.3) is 0 Å². The molecular weight excluding hydrogens is 323 g/mol. The van der Waals surface area contributed by atoms with Crippen molar-refractivity contribution in [2.45, 2.75) is 13.0 Å². The van der Waals surface area contributed by atoms with E-state index in [1.165, 1.54) is 0 Å². The lowest BCUT2D eigenvalue weighted by molar-refractivity contribution is 0.195. The van der Waals surface area contributed by atoms with Crippen molar-refractivity contribution in [3.8, 4) is 11.8 Å². The van der Waals surface area contributed by atoms with E-state index < -0.39 is 0 Å². The van der Waals surface area contributed by atoms with Crippen LogP contribution >= 0.6 is 23.2 Å². The maximum atomic E-state index is 8.75. The zero-order chi connectivity index (χ0) is 15.8. The Balaban J connectivity index is 1.86. The summed E-state index contributed by atoms with van der Waals surface area (Å²) in [7, 11) is 0. The maximum absolute atomic E-state index is 8.75. The second-order valence-corrected chi connectivity index (χ2v) is 5.53. The molecule has 0 spiro atoms. The van der Waals surface area contributed by atoms with E-state index in [0.717, 1.165) is 5.76 Å². The first kappa shape index (κ1) is 16.7. The predicted molar refractivity (Wildman–Crippen MR) is 86.2 cm³/mol. The molecule has 2 rings (SSSR count). The van der Waals surface area contributed by atoms with Crippen LogP contribution < -0.4 is 4.74 Å². The monoisotopic (exact) mass is 338 g/mol. The molecule has 0 bridgehead atoms. The fraction of sp³-hybridized carbons (Fsp3) is 0.312. The normalized spacial score (nSPS) is 10.6. The van der Waals surface area contributed by atoms with Gasteiger partial charge in [-0.25, -0.2) is 0 Å². The van der Waals surface area contributed by atoms with E-state index in [-0.39, 0.29) is 0 Å². The average Bonchev–Trinajstić information content (AvgIpc) is 2.99. The van der Waals surface area contributed by atoms with Gasteiger partial charge in [-0.2, -0.15) is 5.26 Å². The van der Waals surface area contributed by atoms with Crippen LogP contribution in [0.3, 0.4) is 0 Å². The number of halogens is 2. The van der Waals surface area contributed by atoms with E-state index in [1.807, 2.05) is 12.1 Å². The quantitative estimate of drug-likeness (QED) is 0.716. The molecule has 1 aromatic heterocycles. The molecule has 1 aromatic carbocycles. The van der Waals surface area contributed by atoms with Crippen molar-refractivity contribution >= 4 is 23.2 Å². The summed E-state index contributed by atoms with van der Waals surface area (Å²) in [6.45, 7) is 2.44. The Kier molecular flexibility index (Phi) is 6.60. The molecule has 0 fully saturated rings. The second-order valence-electron chi connectivity index (χ2n) is 4.69. The molecule has 0 saturated carbocycles. The van der Waals surface area contributed by atoms with Crippen LogP contribution in [0.5, 0.6) is 5.75 Å². The number of furan rings is 1. The minimum atomic E-state index is 0.461. The Labute approximate surface area is 139 Å². The summed E-state index contributed by atoms with van der Waals surface area (Å²) in [5.41, 5.74) is 0. The first-order valence-electron chi connectivity index (χ1n) is 6.88. The second kappa shape index (κ2) is 8.70. The first-order valence-corrected chi connectivity index (χ1v) is 7.64. The van der Waals surface area contributed by atoms with Gasteiger partial charge < -0.3 is 9.15 Å². The molecule has 22 heavy (non-hydrogen) atoms. The molecule has 6 heteroatoms. The lowest BCUT2D eigenvalue weighted by Crippen LogP contribution is -2.29. The number of rotatable bonds is 8. The molecule has 2 aromatic rings. The molecule has 0 aliphatic carbocycles. The molecule has 0 amide bonds. The predicted octanol–water partition coefficient (Wildman–Crippen LogP) is 4.38. The summed E-state index contributed by atoms with van der Waals surface area (Å²) >= 11 is 11.9.